The summed E-state index contributed by atoms with van der Waals surface area (Å²) in [5.74, 6) is -1.56. The summed E-state index contributed by atoms with van der Waals surface area (Å²) >= 11 is 3.22. The lowest BCUT2D eigenvalue weighted by Crippen LogP contribution is -1.91. The van der Waals surface area contributed by atoms with Crippen LogP contribution in [0, 0.1) is 11.6 Å². The van der Waals surface area contributed by atoms with Crippen molar-refractivity contribution in [2.24, 2.45) is 0 Å². The lowest BCUT2D eigenvalue weighted by Gasteiger charge is -2.11. The Kier molecular flexibility index (Phi) is 4.06. The molecule has 0 nitrogen and oxygen atoms in total. The minimum absolute atomic E-state index is 0.176. The molecule has 0 N–H and O–H groups in total. The van der Waals surface area contributed by atoms with Crippen LogP contribution in [0.25, 0.3) is 0 Å². The van der Waals surface area contributed by atoms with Crippen molar-refractivity contribution >= 4 is 23.5 Å². The molecule has 0 aliphatic rings. The smallest absolute Gasteiger partial charge is 0.159 e. The van der Waals surface area contributed by atoms with E-state index in [1.807, 2.05) is 12.5 Å². The predicted molar refractivity (Wildman–Crippen MR) is 56.1 cm³/mol. The first-order valence-electron chi connectivity index (χ1n) is 3.69. The van der Waals surface area contributed by atoms with Gasteiger partial charge in [-0.2, -0.15) is 0 Å². The van der Waals surface area contributed by atoms with Gasteiger partial charge in [-0.05, 0) is 30.2 Å². The zero-order valence-corrected chi connectivity index (χ0v) is 9.01. The fourth-order valence-corrected chi connectivity index (χ4v) is 2.63. The van der Waals surface area contributed by atoms with Crippen molar-refractivity contribution in [2.75, 3.05) is 12.5 Å². The Bertz CT molecular complexity index is 285. The molecule has 1 aromatic carbocycles. The first-order chi connectivity index (χ1) is 6.19. The van der Waals surface area contributed by atoms with Gasteiger partial charge in [-0.25, -0.2) is 8.78 Å². The van der Waals surface area contributed by atoms with Crippen LogP contribution in [0.4, 0.5) is 8.78 Å². The molecule has 0 saturated heterocycles. The highest BCUT2D eigenvalue weighted by molar-refractivity contribution is 8.15. The average molecular weight is 220 g/mol. The predicted octanol–water partition coefficient (Wildman–Crippen LogP) is 3.69. The molecule has 0 heterocycles. The molecule has 0 aromatic heterocycles. The second-order valence-corrected chi connectivity index (χ2v) is 4.66. The quantitative estimate of drug-likeness (QED) is 0.712. The SMILES string of the molecule is CSC(SC)c1ccc(F)c(F)c1. The van der Waals surface area contributed by atoms with Gasteiger partial charge in [0.25, 0.3) is 0 Å². The number of rotatable bonds is 3. The van der Waals surface area contributed by atoms with Gasteiger partial charge < -0.3 is 0 Å². The third-order valence-corrected chi connectivity index (χ3v) is 4.20. The van der Waals surface area contributed by atoms with E-state index in [2.05, 4.69) is 0 Å². The standard InChI is InChI=1S/C9H10F2S2/c1-12-9(13-2)6-3-4-7(10)8(11)5-6/h3-5,9H,1-2H3. The molecule has 0 spiro atoms. The normalized spacial score (nSPS) is 10.8. The van der Waals surface area contributed by atoms with Gasteiger partial charge in [0, 0.05) is 0 Å². The van der Waals surface area contributed by atoms with Crippen LogP contribution in [0.3, 0.4) is 0 Å². The maximum atomic E-state index is 12.8. The molecule has 0 aliphatic heterocycles. The van der Waals surface area contributed by atoms with Crippen LogP contribution in [0.2, 0.25) is 0 Å². The molecule has 0 bridgehead atoms. The molecule has 0 fully saturated rings. The second kappa shape index (κ2) is 4.86. The van der Waals surface area contributed by atoms with Crippen LogP contribution < -0.4 is 0 Å². The summed E-state index contributed by atoms with van der Waals surface area (Å²) in [5, 5.41) is 0. The topological polar surface area (TPSA) is 0 Å². The Labute approximate surface area is 85.1 Å². The molecule has 1 aromatic rings. The molecule has 0 radical (unpaired) electrons. The summed E-state index contributed by atoms with van der Waals surface area (Å²) < 4.78 is 25.6. The van der Waals surface area contributed by atoms with Crippen LogP contribution in [-0.4, -0.2) is 12.5 Å². The number of halogens is 2. The number of thioether (sulfide) groups is 2. The Morgan fingerprint density at radius 3 is 2.15 bits per heavy atom. The van der Waals surface area contributed by atoms with Gasteiger partial charge in [-0.15, -0.1) is 23.5 Å². The average Bonchev–Trinajstić information content (AvgIpc) is 2.13. The fourth-order valence-electron chi connectivity index (χ4n) is 1.03. The van der Waals surface area contributed by atoms with E-state index < -0.39 is 11.6 Å². The number of hydrogen-bond donors (Lipinski definition) is 0. The molecule has 0 atom stereocenters. The molecular formula is C9H10F2S2. The summed E-state index contributed by atoms with van der Waals surface area (Å²) in [5.41, 5.74) is 0.818. The van der Waals surface area contributed by atoms with Gasteiger partial charge in [0.1, 0.15) is 0 Å². The minimum Gasteiger partial charge on any atom is -0.204 e. The first kappa shape index (κ1) is 10.9. The maximum absolute atomic E-state index is 12.8. The summed E-state index contributed by atoms with van der Waals surface area (Å²) in [6, 6.07) is 4.05. The fraction of sp³-hybridized carbons (Fsp3) is 0.333. The number of hydrogen-bond acceptors (Lipinski definition) is 2. The first-order valence-corrected chi connectivity index (χ1v) is 6.27. The van der Waals surface area contributed by atoms with Crippen LogP contribution in [0.5, 0.6) is 0 Å². The zero-order valence-electron chi connectivity index (χ0n) is 7.38. The van der Waals surface area contributed by atoms with E-state index in [-0.39, 0.29) is 4.58 Å². The summed E-state index contributed by atoms with van der Waals surface area (Å²) in [7, 11) is 0. The Balaban J connectivity index is 2.95. The van der Waals surface area contributed by atoms with Gasteiger partial charge in [-0.1, -0.05) is 6.07 Å². The van der Waals surface area contributed by atoms with Gasteiger partial charge in [0.2, 0.25) is 0 Å². The second-order valence-electron chi connectivity index (χ2n) is 2.48. The summed E-state index contributed by atoms with van der Waals surface area (Å²) in [6.45, 7) is 0. The summed E-state index contributed by atoms with van der Waals surface area (Å²) in [6.07, 6.45) is 3.89. The molecule has 0 unspecified atom stereocenters. The molecule has 13 heavy (non-hydrogen) atoms. The Hall–Kier alpha value is -0.220. The maximum Gasteiger partial charge on any atom is 0.159 e. The largest absolute Gasteiger partial charge is 0.204 e. The molecule has 0 saturated carbocycles. The molecule has 72 valence electrons. The lowest BCUT2D eigenvalue weighted by atomic mass is 10.2. The van der Waals surface area contributed by atoms with E-state index in [4.69, 9.17) is 0 Å². The lowest BCUT2D eigenvalue weighted by molar-refractivity contribution is 0.507. The Morgan fingerprint density at radius 1 is 1.08 bits per heavy atom. The third kappa shape index (κ3) is 2.61. The molecule has 0 amide bonds. The van der Waals surface area contributed by atoms with Gasteiger partial charge >= 0.3 is 0 Å². The molecule has 0 aliphatic carbocycles. The van der Waals surface area contributed by atoms with E-state index in [1.54, 1.807) is 29.6 Å². The Morgan fingerprint density at radius 2 is 1.69 bits per heavy atom. The molecular weight excluding hydrogens is 210 g/mol. The van der Waals surface area contributed by atoms with Crippen LogP contribution in [0.15, 0.2) is 18.2 Å². The number of benzene rings is 1. The van der Waals surface area contributed by atoms with Crippen LogP contribution in [-0.2, 0) is 0 Å². The summed E-state index contributed by atoms with van der Waals surface area (Å²) in [4.78, 5) is 0. The van der Waals surface area contributed by atoms with Crippen molar-refractivity contribution < 1.29 is 8.78 Å². The van der Waals surface area contributed by atoms with Crippen molar-refractivity contribution in [1.82, 2.24) is 0 Å². The van der Waals surface area contributed by atoms with Crippen LogP contribution >= 0.6 is 23.5 Å². The van der Waals surface area contributed by atoms with E-state index in [1.165, 1.54) is 12.1 Å². The van der Waals surface area contributed by atoms with E-state index in [9.17, 15) is 8.78 Å². The van der Waals surface area contributed by atoms with Gasteiger partial charge in [0.05, 0.1) is 4.58 Å². The zero-order chi connectivity index (χ0) is 9.84. The van der Waals surface area contributed by atoms with E-state index >= 15 is 0 Å². The highest BCUT2D eigenvalue weighted by atomic mass is 32.2. The van der Waals surface area contributed by atoms with Crippen molar-refractivity contribution in [3.63, 3.8) is 0 Å². The monoisotopic (exact) mass is 220 g/mol. The van der Waals surface area contributed by atoms with Crippen molar-refractivity contribution in [1.29, 1.82) is 0 Å². The van der Waals surface area contributed by atoms with E-state index in [0.29, 0.717) is 0 Å². The highest BCUT2D eigenvalue weighted by Gasteiger charge is 2.10. The van der Waals surface area contributed by atoms with Crippen molar-refractivity contribution in [3.8, 4) is 0 Å². The molecule has 4 heteroatoms. The van der Waals surface area contributed by atoms with Crippen molar-refractivity contribution in [2.45, 2.75) is 4.58 Å². The minimum atomic E-state index is -0.787. The van der Waals surface area contributed by atoms with Gasteiger partial charge in [-0.3, -0.25) is 0 Å². The van der Waals surface area contributed by atoms with Gasteiger partial charge in [0.15, 0.2) is 11.6 Å². The highest BCUT2D eigenvalue weighted by Crippen LogP contribution is 2.36. The third-order valence-electron chi connectivity index (χ3n) is 1.64. The molecule has 1 rings (SSSR count). The van der Waals surface area contributed by atoms with Crippen molar-refractivity contribution in [3.05, 3.63) is 35.4 Å². The van der Waals surface area contributed by atoms with E-state index in [0.717, 1.165) is 5.56 Å². The van der Waals surface area contributed by atoms with Crippen LogP contribution in [0.1, 0.15) is 10.1 Å².